The van der Waals surface area contributed by atoms with Gasteiger partial charge in [0.2, 0.25) is 10.0 Å². The molecule has 1 N–H and O–H groups in total. The van der Waals surface area contributed by atoms with Gasteiger partial charge in [-0.1, -0.05) is 43.5 Å². The first-order chi connectivity index (χ1) is 7.68. The highest BCUT2D eigenvalue weighted by Crippen LogP contribution is 2.26. The molecule has 1 rings (SSSR count). The molecule has 0 heterocycles. The number of sulfonamides is 1. The van der Waals surface area contributed by atoms with Crippen LogP contribution in [0.2, 0.25) is 5.02 Å². The Morgan fingerprint density at radius 1 is 1.41 bits per heavy atom. The van der Waals surface area contributed by atoms with Gasteiger partial charge in [0.1, 0.15) is 4.90 Å². The van der Waals surface area contributed by atoms with Gasteiger partial charge in [0.05, 0.1) is 5.02 Å². The smallest absolute Gasteiger partial charge is 0.207 e. The van der Waals surface area contributed by atoms with Crippen LogP contribution in [0.5, 0.6) is 0 Å². The van der Waals surface area contributed by atoms with Crippen molar-refractivity contribution in [3.05, 3.63) is 27.7 Å². The molecule has 1 aromatic carbocycles. The van der Waals surface area contributed by atoms with E-state index in [4.69, 9.17) is 11.6 Å². The molecule has 0 saturated heterocycles. The molecule has 17 heavy (non-hydrogen) atoms. The van der Waals surface area contributed by atoms with Gasteiger partial charge in [-0.15, -0.1) is 0 Å². The van der Waals surface area contributed by atoms with E-state index in [0.29, 0.717) is 5.33 Å². The Hall–Kier alpha value is 0.380. The van der Waals surface area contributed by atoms with E-state index in [-0.39, 0.29) is 9.92 Å². The van der Waals surface area contributed by atoms with Gasteiger partial charge < -0.3 is 0 Å². The van der Waals surface area contributed by atoms with Crippen LogP contribution in [0.15, 0.2) is 27.6 Å². The van der Waals surface area contributed by atoms with E-state index in [1.54, 1.807) is 26.0 Å². The molecule has 0 amide bonds. The van der Waals surface area contributed by atoms with Gasteiger partial charge >= 0.3 is 0 Å². The fraction of sp³-hybridized carbons (Fsp3) is 0.400. The van der Waals surface area contributed by atoms with Crippen molar-refractivity contribution in [2.24, 2.45) is 0 Å². The number of nitrogens with one attached hydrogen (secondary N) is 1. The van der Waals surface area contributed by atoms with Crippen LogP contribution in [0, 0.1) is 0 Å². The molecule has 1 aromatic rings. The van der Waals surface area contributed by atoms with Crippen molar-refractivity contribution in [1.29, 1.82) is 0 Å². The van der Waals surface area contributed by atoms with Crippen LogP contribution >= 0.6 is 43.5 Å². The van der Waals surface area contributed by atoms with Crippen molar-refractivity contribution in [2.45, 2.75) is 24.3 Å². The average Bonchev–Trinajstić information content (AvgIpc) is 2.15. The van der Waals surface area contributed by atoms with Crippen molar-refractivity contribution in [3.8, 4) is 0 Å². The number of benzene rings is 1. The third kappa shape index (κ3) is 4.21. The van der Waals surface area contributed by atoms with Gasteiger partial charge in [-0.05, 0) is 32.0 Å². The summed E-state index contributed by atoms with van der Waals surface area (Å²) in [6, 6.07) is 4.66. The lowest BCUT2D eigenvalue weighted by Gasteiger charge is -2.23. The number of rotatable bonds is 4. The van der Waals surface area contributed by atoms with E-state index in [1.165, 1.54) is 6.07 Å². The lowest BCUT2D eigenvalue weighted by molar-refractivity contribution is 0.500. The van der Waals surface area contributed by atoms with Crippen molar-refractivity contribution in [3.63, 3.8) is 0 Å². The zero-order chi connectivity index (χ0) is 13.3. The van der Waals surface area contributed by atoms with E-state index in [9.17, 15) is 8.42 Å². The molecule has 0 aromatic heterocycles. The second-order valence-corrected chi connectivity index (χ2v) is 7.73. The Bertz CT molecular complexity index is 517. The van der Waals surface area contributed by atoms with Gasteiger partial charge in [0.15, 0.2) is 0 Å². The summed E-state index contributed by atoms with van der Waals surface area (Å²) in [5.74, 6) is 0. The lowest BCUT2D eigenvalue weighted by atomic mass is 10.1. The van der Waals surface area contributed by atoms with Crippen LogP contribution in [-0.4, -0.2) is 19.3 Å². The molecule has 3 nitrogen and oxygen atoms in total. The Kier molecular flexibility index (Phi) is 5.06. The van der Waals surface area contributed by atoms with Crippen LogP contribution in [0.25, 0.3) is 0 Å². The standard InChI is InChI=1S/C10H12Br2ClNO2S/c1-10(2,6-11)14-17(15,16)9-4-3-7(12)5-8(9)13/h3-5,14H,6H2,1-2H3. The first-order valence-electron chi connectivity index (χ1n) is 4.73. The highest BCUT2D eigenvalue weighted by Gasteiger charge is 2.26. The zero-order valence-corrected chi connectivity index (χ0v) is 14.0. The maximum absolute atomic E-state index is 12.1. The average molecular weight is 406 g/mol. The molecule has 0 saturated carbocycles. The van der Waals surface area contributed by atoms with E-state index < -0.39 is 15.6 Å². The molecule has 96 valence electrons. The normalized spacial score (nSPS) is 12.8. The topological polar surface area (TPSA) is 46.2 Å². The number of alkyl halides is 1. The molecule has 0 bridgehead atoms. The van der Waals surface area contributed by atoms with Gasteiger partial charge in [-0.25, -0.2) is 13.1 Å². The summed E-state index contributed by atoms with van der Waals surface area (Å²) in [6.45, 7) is 3.57. The monoisotopic (exact) mass is 403 g/mol. The number of halogens is 3. The minimum atomic E-state index is -3.61. The minimum absolute atomic E-state index is 0.0800. The van der Waals surface area contributed by atoms with Crippen molar-refractivity contribution < 1.29 is 8.42 Å². The molecule has 0 unspecified atom stereocenters. The first-order valence-corrected chi connectivity index (χ1v) is 8.50. The predicted octanol–water partition coefficient (Wildman–Crippen LogP) is 3.55. The summed E-state index contributed by atoms with van der Waals surface area (Å²) >= 11 is 12.4. The summed E-state index contributed by atoms with van der Waals surface area (Å²) in [5, 5.41) is 0.699. The second-order valence-electron chi connectivity index (χ2n) is 4.20. The maximum Gasteiger partial charge on any atom is 0.242 e. The van der Waals surface area contributed by atoms with Gasteiger partial charge in [-0.2, -0.15) is 0 Å². The highest BCUT2D eigenvalue weighted by molar-refractivity contribution is 9.10. The van der Waals surface area contributed by atoms with Gasteiger partial charge in [0, 0.05) is 15.3 Å². The summed E-state index contributed by atoms with van der Waals surface area (Å²) < 4.78 is 27.5. The molecule has 0 fully saturated rings. The Morgan fingerprint density at radius 3 is 2.47 bits per heavy atom. The van der Waals surface area contributed by atoms with E-state index in [1.807, 2.05) is 0 Å². The van der Waals surface area contributed by atoms with Crippen LogP contribution in [-0.2, 0) is 10.0 Å². The molecule has 0 spiro atoms. The van der Waals surface area contributed by atoms with Gasteiger partial charge in [-0.3, -0.25) is 0 Å². The summed E-state index contributed by atoms with van der Waals surface area (Å²) in [5.41, 5.74) is -0.574. The fourth-order valence-electron chi connectivity index (χ4n) is 1.14. The SMILES string of the molecule is CC(C)(CBr)NS(=O)(=O)c1ccc(Br)cc1Cl. The molecular weight excluding hydrogens is 393 g/mol. The van der Waals surface area contributed by atoms with Crippen molar-refractivity contribution in [2.75, 3.05) is 5.33 Å². The predicted molar refractivity (Wildman–Crippen MR) is 77.3 cm³/mol. The number of hydrogen-bond acceptors (Lipinski definition) is 2. The third-order valence-corrected chi connectivity index (χ3v) is 6.00. The number of hydrogen-bond donors (Lipinski definition) is 1. The van der Waals surface area contributed by atoms with Crippen LogP contribution in [0.4, 0.5) is 0 Å². The van der Waals surface area contributed by atoms with Crippen LogP contribution < -0.4 is 4.72 Å². The molecule has 0 aliphatic heterocycles. The van der Waals surface area contributed by atoms with E-state index in [0.717, 1.165) is 4.47 Å². The Balaban J connectivity index is 3.14. The van der Waals surface area contributed by atoms with E-state index >= 15 is 0 Å². The first kappa shape index (κ1) is 15.4. The molecule has 7 heteroatoms. The molecule has 0 aliphatic carbocycles. The lowest BCUT2D eigenvalue weighted by Crippen LogP contribution is -2.44. The molecule has 0 radical (unpaired) electrons. The van der Waals surface area contributed by atoms with Gasteiger partial charge in [0.25, 0.3) is 0 Å². The molecular formula is C10H12Br2ClNO2S. The zero-order valence-electron chi connectivity index (χ0n) is 9.30. The fourth-order valence-corrected chi connectivity index (χ4v) is 3.92. The summed E-state index contributed by atoms with van der Waals surface area (Å²) in [6.07, 6.45) is 0. The summed E-state index contributed by atoms with van der Waals surface area (Å²) in [4.78, 5) is 0.0800. The minimum Gasteiger partial charge on any atom is -0.207 e. The van der Waals surface area contributed by atoms with Crippen LogP contribution in [0.1, 0.15) is 13.8 Å². The molecule has 0 atom stereocenters. The quantitative estimate of drug-likeness (QED) is 0.779. The van der Waals surface area contributed by atoms with Crippen molar-refractivity contribution >= 4 is 53.5 Å². The second kappa shape index (κ2) is 5.57. The summed E-state index contributed by atoms with van der Waals surface area (Å²) in [7, 11) is -3.61. The molecule has 0 aliphatic rings. The Labute approximate surface area is 123 Å². The van der Waals surface area contributed by atoms with Crippen LogP contribution in [0.3, 0.4) is 0 Å². The van der Waals surface area contributed by atoms with E-state index in [2.05, 4.69) is 36.6 Å². The third-order valence-electron chi connectivity index (χ3n) is 1.93. The van der Waals surface area contributed by atoms with Crippen molar-refractivity contribution in [1.82, 2.24) is 4.72 Å². The maximum atomic E-state index is 12.1. The highest BCUT2D eigenvalue weighted by atomic mass is 79.9. The largest absolute Gasteiger partial charge is 0.242 e. The Morgan fingerprint density at radius 2 is 2.00 bits per heavy atom.